The van der Waals surface area contributed by atoms with Gasteiger partial charge in [-0.3, -0.25) is 18.8 Å². The van der Waals surface area contributed by atoms with Crippen LogP contribution in [0.4, 0.5) is 10.2 Å². The van der Waals surface area contributed by atoms with Crippen molar-refractivity contribution in [1.29, 1.82) is 5.26 Å². The predicted octanol–water partition coefficient (Wildman–Crippen LogP) is 1.54. The molecule has 1 aliphatic rings. The highest BCUT2D eigenvalue weighted by atomic mass is 32.1. The minimum atomic E-state index is -0.571. The third-order valence-electron chi connectivity index (χ3n) is 5.45. The van der Waals surface area contributed by atoms with E-state index in [1.165, 1.54) is 35.1 Å². The third kappa shape index (κ3) is 4.02. The molecule has 1 fully saturated rings. The van der Waals surface area contributed by atoms with E-state index in [9.17, 15) is 19.2 Å². The Morgan fingerprint density at radius 2 is 1.77 bits per heavy atom. The van der Waals surface area contributed by atoms with Gasteiger partial charge in [0.25, 0.3) is 5.56 Å². The zero-order valence-corrected chi connectivity index (χ0v) is 18.0. The van der Waals surface area contributed by atoms with Crippen molar-refractivity contribution in [1.82, 2.24) is 19.0 Å². The van der Waals surface area contributed by atoms with E-state index in [0.717, 1.165) is 20.8 Å². The molecule has 2 aromatic heterocycles. The van der Waals surface area contributed by atoms with Crippen molar-refractivity contribution >= 4 is 17.2 Å². The Balaban J connectivity index is 1.46. The van der Waals surface area contributed by atoms with E-state index < -0.39 is 11.2 Å². The van der Waals surface area contributed by atoms with E-state index in [4.69, 9.17) is 0 Å². The van der Waals surface area contributed by atoms with E-state index in [1.54, 1.807) is 19.2 Å². The molecule has 3 aromatic rings. The van der Waals surface area contributed by atoms with Gasteiger partial charge in [0.15, 0.2) is 5.56 Å². The number of rotatable bonds is 4. The quantitative estimate of drug-likeness (QED) is 0.612. The van der Waals surface area contributed by atoms with Gasteiger partial charge in [0.1, 0.15) is 22.7 Å². The minimum Gasteiger partial charge on any atom is -0.354 e. The van der Waals surface area contributed by atoms with Crippen LogP contribution in [0.1, 0.15) is 11.3 Å². The first-order valence-corrected chi connectivity index (χ1v) is 10.6. The first-order chi connectivity index (χ1) is 14.9. The normalized spacial score (nSPS) is 14.6. The van der Waals surface area contributed by atoms with Gasteiger partial charge in [0, 0.05) is 57.8 Å². The van der Waals surface area contributed by atoms with Gasteiger partial charge in [-0.1, -0.05) is 0 Å². The van der Waals surface area contributed by atoms with Gasteiger partial charge in [0.05, 0.1) is 5.69 Å². The molecule has 160 valence electrons. The van der Waals surface area contributed by atoms with E-state index in [0.29, 0.717) is 38.5 Å². The average molecular weight is 441 g/mol. The van der Waals surface area contributed by atoms with Gasteiger partial charge >= 0.3 is 5.69 Å². The topological polar surface area (TPSA) is 87.2 Å². The number of benzene rings is 1. The predicted molar refractivity (Wildman–Crippen MR) is 117 cm³/mol. The minimum absolute atomic E-state index is 0.0125. The Morgan fingerprint density at radius 1 is 1.10 bits per heavy atom. The molecule has 4 rings (SSSR count). The second-order valence-electron chi connectivity index (χ2n) is 7.43. The Bertz CT molecular complexity index is 1260. The van der Waals surface area contributed by atoms with Crippen molar-refractivity contribution in [3.63, 3.8) is 0 Å². The lowest BCUT2D eigenvalue weighted by atomic mass is 10.2. The molecule has 1 aromatic carbocycles. The van der Waals surface area contributed by atoms with Crippen molar-refractivity contribution < 1.29 is 4.39 Å². The monoisotopic (exact) mass is 440 g/mol. The number of piperazine rings is 1. The fraction of sp³-hybridized carbons (Fsp3) is 0.333. The van der Waals surface area contributed by atoms with Crippen LogP contribution in [-0.4, -0.2) is 45.2 Å². The smallest absolute Gasteiger partial charge is 0.332 e. The van der Waals surface area contributed by atoms with Crippen molar-refractivity contribution in [3.8, 4) is 16.6 Å². The zero-order valence-electron chi connectivity index (χ0n) is 17.2. The number of aromatic nitrogens is 3. The van der Waals surface area contributed by atoms with Crippen LogP contribution in [0.5, 0.6) is 0 Å². The maximum absolute atomic E-state index is 13.1. The molecule has 0 unspecified atom stereocenters. The van der Waals surface area contributed by atoms with E-state index in [1.807, 2.05) is 16.3 Å². The summed E-state index contributed by atoms with van der Waals surface area (Å²) in [5, 5.41) is 12.3. The number of hydrogen-bond donors (Lipinski definition) is 0. The summed E-state index contributed by atoms with van der Waals surface area (Å²) in [4.78, 5) is 33.5. The molecule has 0 amide bonds. The molecular weight excluding hydrogens is 419 g/mol. The summed E-state index contributed by atoms with van der Waals surface area (Å²) >= 11 is 1.52. The highest BCUT2D eigenvalue weighted by Crippen LogP contribution is 2.25. The summed E-state index contributed by atoms with van der Waals surface area (Å²) in [5.41, 5.74) is 0.798. The molecule has 1 saturated heterocycles. The lowest BCUT2D eigenvalue weighted by molar-refractivity contribution is 0.246. The number of nitrogens with zero attached hydrogens (tertiary/aromatic N) is 6. The molecule has 8 nitrogen and oxygen atoms in total. The molecular formula is C21H21FN6O2S. The molecule has 0 bridgehead atoms. The van der Waals surface area contributed by atoms with Crippen LogP contribution in [0.2, 0.25) is 0 Å². The number of hydrogen-bond acceptors (Lipinski definition) is 7. The van der Waals surface area contributed by atoms with Crippen LogP contribution in [-0.2, 0) is 20.6 Å². The number of halogens is 1. The van der Waals surface area contributed by atoms with Crippen LogP contribution in [0, 0.1) is 17.1 Å². The summed E-state index contributed by atoms with van der Waals surface area (Å²) in [7, 11) is 2.96. The maximum Gasteiger partial charge on any atom is 0.332 e. The number of anilines is 1. The molecule has 10 heteroatoms. The molecule has 0 atom stereocenters. The lowest BCUT2D eigenvalue weighted by Gasteiger charge is -2.36. The molecule has 0 saturated carbocycles. The largest absolute Gasteiger partial charge is 0.354 e. The van der Waals surface area contributed by atoms with Crippen molar-refractivity contribution in [2.45, 2.75) is 6.54 Å². The SMILES string of the molecule is Cn1c(N2CCN(Cc3csc(-c4ccc(F)cc4)n3)CC2)c(C#N)c(=O)n(C)c1=O. The maximum atomic E-state index is 13.1. The molecule has 0 aliphatic carbocycles. The first kappa shape index (κ1) is 21.0. The molecule has 3 heterocycles. The molecule has 0 radical (unpaired) electrons. The van der Waals surface area contributed by atoms with Crippen LogP contribution in [0.3, 0.4) is 0 Å². The fourth-order valence-electron chi connectivity index (χ4n) is 3.75. The van der Waals surface area contributed by atoms with Crippen LogP contribution in [0.15, 0.2) is 39.2 Å². The van der Waals surface area contributed by atoms with Gasteiger partial charge in [-0.25, -0.2) is 14.2 Å². The number of thiazole rings is 1. The fourth-order valence-corrected chi connectivity index (χ4v) is 4.57. The second-order valence-corrected chi connectivity index (χ2v) is 8.29. The summed E-state index contributed by atoms with van der Waals surface area (Å²) in [6, 6.07) is 8.25. The van der Waals surface area contributed by atoms with E-state index in [-0.39, 0.29) is 11.4 Å². The third-order valence-corrected chi connectivity index (χ3v) is 6.39. The van der Waals surface area contributed by atoms with Crippen molar-refractivity contribution in [2.24, 2.45) is 14.1 Å². The van der Waals surface area contributed by atoms with Gasteiger partial charge in [-0.2, -0.15) is 5.26 Å². The van der Waals surface area contributed by atoms with Crippen LogP contribution < -0.4 is 16.1 Å². The van der Waals surface area contributed by atoms with Gasteiger partial charge in [-0.15, -0.1) is 11.3 Å². The summed E-state index contributed by atoms with van der Waals surface area (Å²) < 4.78 is 15.4. The van der Waals surface area contributed by atoms with Crippen molar-refractivity contribution in [3.05, 3.63) is 67.6 Å². The highest BCUT2D eigenvalue weighted by molar-refractivity contribution is 7.13. The van der Waals surface area contributed by atoms with Gasteiger partial charge in [-0.05, 0) is 24.3 Å². The highest BCUT2D eigenvalue weighted by Gasteiger charge is 2.25. The standard InChI is InChI=1S/C21H21FN6O2S/c1-25-19(17(11-23)20(29)26(2)21(25)30)28-9-7-27(8-10-28)12-16-13-31-18(24-16)14-3-5-15(22)6-4-14/h3-6,13H,7-10,12H2,1-2H3. The Labute approximate surface area is 182 Å². The molecule has 31 heavy (non-hydrogen) atoms. The zero-order chi connectivity index (χ0) is 22.1. The van der Waals surface area contributed by atoms with E-state index in [2.05, 4.69) is 9.88 Å². The first-order valence-electron chi connectivity index (χ1n) is 9.77. The summed E-state index contributed by atoms with van der Waals surface area (Å²) in [6.07, 6.45) is 0. The van der Waals surface area contributed by atoms with Crippen molar-refractivity contribution in [2.75, 3.05) is 31.1 Å². The summed E-state index contributed by atoms with van der Waals surface area (Å²) in [6.45, 7) is 3.26. The average Bonchev–Trinajstić information content (AvgIpc) is 3.24. The Hall–Kier alpha value is -3.29. The molecule has 0 N–H and O–H groups in total. The molecule has 1 aliphatic heterocycles. The van der Waals surface area contributed by atoms with Gasteiger partial charge in [0.2, 0.25) is 0 Å². The van der Waals surface area contributed by atoms with Crippen LogP contribution in [0.25, 0.3) is 10.6 Å². The van der Waals surface area contributed by atoms with E-state index >= 15 is 0 Å². The molecule has 0 spiro atoms. The Morgan fingerprint density at radius 3 is 2.42 bits per heavy atom. The Kier molecular flexibility index (Phi) is 5.71. The summed E-state index contributed by atoms with van der Waals surface area (Å²) in [5.74, 6) is 0.106. The second kappa shape index (κ2) is 8.45. The number of nitriles is 1. The van der Waals surface area contributed by atoms with Gasteiger partial charge < -0.3 is 4.90 Å². The van der Waals surface area contributed by atoms with Crippen LogP contribution >= 0.6 is 11.3 Å². The lowest BCUT2D eigenvalue weighted by Crippen LogP contribution is -2.50.